The summed E-state index contributed by atoms with van der Waals surface area (Å²) in [6.45, 7) is 0.574. The molecule has 1 aromatic carbocycles. The van der Waals surface area contributed by atoms with Crippen LogP contribution >= 0.6 is 11.3 Å². The highest BCUT2D eigenvalue weighted by Crippen LogP contribution is 2.24. The van der Waals surface area contributed by atoms with Gasteiger partial charge in [0.1, 0.15) is 6.10 Å². The zero-order chi connectivity index (χ0) is 11.4. The minimum Gasteiger partial charge on any atom is -0.384 e. The average Bonchev–Trinajstić information content (AvgIpc) is 2.82. The number of rotatable bonds is 4. The van der Waals surface area contributed by atoms with Gasteiger partial charge in [0.05, 0.1) is 6.61 Å². The van der Waals surface area contributed by atoms with Crippen LogP contribution in [-0.2, 0) is 11.3 Å². The average molecular weight is 234 g/mol. The largest absolute Gasteiger partial charge is 0.384 e. The van der Waals surface area contributed by atoms with Crippen LogP contribution < -0.4 is 0 Å². The predicted molar refractivity (Wildman–Crippen MR) is 65.5 cm³/mol. The standard InChI is InChI=1S/C13H14O2S/c1-15-8-10-3-2-4-11(7-10)13(14)12-5-6-16-9-12/h2-7,9,13-14H,8H2,1H3. The molecule has 84 valence electrons. The molecule has 2 aromatic rings. The maximum Gasteiger partial charge on any atom is 0.105 e. The molecule has 0 fully saturated rings. The second-order valence-corrected chi connectivity index (χ2v) is 4.42. The van der Waals surface area contributed by atoms with Crippen LogP contribution in [0.1, 0.15) is 22.8 Å². The first-order chi connectivity index (χ1) is 7.81. The number of methoxy groups -OCH3 is 1. The molecule has 0 aliphatic rings. The Morgan fingerprint density at radius 1 is 1.31 bits per heavy atom. The third-order valence-electron chi connectivity index (χ3n) is 2.44. The van der Waals surface area contributed by atoms with E-state index in [4.69, 9.17) is 4.74 Å². The quantitative estimate of drug-likeness (QED) is 0.881. The molecule has 1 unspecified atom stereocenters. The van der Waals surface area contributed by atoms with Gasteiger partial charge in [0.15, 0.2) is 0 Å². The first-order valence-electron chi connectivity index (χ1n) is 5.09. The number of ether oxygens (including phenoxy) is 1. The zero-order valence-corrected chi connectivity index (χ0v) is 9.91. The van der Waals surface area contributed by atoms with Crippen LogP contribution in [0.3, 0.4) is 0 Å². The Labute approximate surface area is 99.1 Å². The van der Waals surface area contributed by atoms with E-state index in [0.717, 1.165) is 16.7 Å². The Balaban J connectivity index is 2.23. The van der Waals surface area contributed by atoms with Gasteiger partial charge < -0.3 is 9.84 Å². The summed E-state index contributed by atoms with van der Waals surface area (Å²) in [7, 11) is 1.67. The summed E-state index contributed by atoms with van der Waals surface area (Å²) in [5.41, 5.74) is 2.93. The van der Waals surface area contributed by atoms with Gasteiger partial charge in [-0.05, 0) is 33.5 Å². The van der Waals surface area contributed by atoms with Crippen molar-refractivity contribution < 1.29 is 9.84 Å². The highest BCUT2D eigenvalue weighted by Gasteiger charge is 2.10. The lowest BCUT2D eigenvalue weighted by Crippen LogP contribution is -1.99. The lowest BCUT2D eigenvalue weighted by molar-refractivity contribution is 0.184. The molecule has 2 rings (SSSR count). The predicted octanol–water partition coefficient (Wildman–Crippen LogP) is 2.98. The van der Waals surface area contributed by atoms with Crippen molar-refractivity contribution in [2.24, 2.45) is 0 Å². The minimum atomic E-state index is -0.539. The molecular formula is C13H14O2S. The molecule has 0 aliphatic carbocycles. The molecule has 2 nitrogen and oxygen atoms in total. The van der Waals surface area contributed by atoms with E-state index in [2.05, 4.69) is 0 Å². The fraction of sp³-hybridized carbons (Fsp3) is 0.231. The van der Waals surface area contributed by atoms with E-state index in [1.807, 2.05) is 41.1 Å². The van der Waals surface area contributed by atoms with Crippen molar-refractivity contribution >= 4 is 11.3 Å². The minimum absolute atomic E-state index is 0.539. The summed E-state index contributed by atoms with van der Waals surface area (Å²) in [6, 6.07) is 9.79. The smallest absolute Gasteiger partial charge is 0.105 e. The van der Waals surface area contributed by atoms with Crippen molar-refractivity contribution in [1.29, 1.82) is 0 Å². The molecule has 0 spiro atoms. The Bertz CT molecular complexity index is 437. The lowest BCUT2D eigenvalue weighted by Gasteiger charge is -2.10. The van der Waals surface area contributed by atoms with Crippen LogP contribution in [-0.4, -0.2) is 12.2 Å². The van der Waals surface area contributed by atoms with Gasteiger partial charge in [-0.2, -0.15) is 11.3 Å². The Morgan fingerprint density at radius 3 is 2.88 bits per heavy atom. The van der Waals surface area contributed by atoms with Crippen LogP contribution in [0.4, 0.5) is 0 Å². The Hall–Kier alpha value is -1.16. The van der Waals surface area contributed by atoms with Crippen LogP contribution in [0.2, 0.25) is 0 Å². The van der Waals surface area contributed by atoms with Crippen LogP contribution in [0.25, 0.3) is 0 Å². The van der Waals surface area contributed by atoms with E-state index in [1.165, 1.54) is 0 Å². The summed E-state index contributed by atoms with van der Waals surface area (Å²) in [4.78, 5) is 0. The highest BCUT2D eigenvalue weighted by atomic mass is 32.1. The first kappa shape index (κ1) is 11.3. The Kier molecular flexibility index (Phi) is 3.72. The summed E-state index contributed by atoms with van der Waals surface area (Å²) in [5, 5.41) is 14.1. The van der Waals surface area contributed by atoms with Crippen molar-refractivity contribution in [1.82, 2.24) is 0 Å². The number of thiophene rings is 1. The van der Waals surface area contributed by atoms with Crippen LogP contribution in [0.5, 0.6) is 0 Å². The van der Waals surface area contributed by atoms with E-state index in [9.17, 15) is 5.11 Å². The van der Waals surface area contributed by atoms with E-state index >= 15 is 0 Å². The molecule has 1 atom stereocenters. The topological polar surface area (TPSA) is 29.5 Å². The second-order valence-electron chi connectivity index (χ2n) is 3.64. The van der Waals surface area contributed by atoms with E-state index in [0.29, 0.717) is 6.61 Å². The molecular weight excluding hydrogens is 220 g/mol. The highest BCUT2D eigenvalue weighted by molar-refractivity contribution is 7.07. The maximum absolute atomic E-state index is 10.1. The molecule has 16 heavy (non-hydrogen) atoms. The van der Waals surface area contributed by atoms with Crippen molar-refractivity contribution in [3.05, 3.63) is 57.8 Å². The molecule has 1 aromatic heterocycles. The van der Waals surface area contributed by atoms with Crippen molar-refractivity contribution in [3.63, 3.8) is 0 Å². The molecule has 0 amide bonds. The molecule has 0 bridgehead atoms. The molecule has 0 aliphatic heterocycles. The fourth-order valence-corrected chi connectivity index (χ4v) is 2.32. The molecule has 1 heterocycles. The summed E-state index contributed by atoms with van der Waals surface area (Å²) in [5.74, 6) is 0. The number of benzene rings is 1. The van der Waals surface area contributed by atoms with E-state index in [1.54, 1.807) is 18.4 Å². The van der Waals surface area contributed by atoms with Gasteiger partial charge in [-0.3, -0.25) is 0 Å². The molecule has 0 saturated heterocycles. The van der Waals surface area contributed by atoms with E-state index < -0.39 is 6.10 Å². The van der Waals surface area contributed by atoms with Crippen molar-refractivity contribution in [2.75, 3.05) is 7.11 Å². The number of aliphatic hydroxyl groups excluding tert-OH is 1. The van der Waals surface area contributed by atoms with Gasteiger partial charge >= 0.3 is 0 Å². The fourth-order valence-electron chi connectivity index (χ4n) is 1.64. The van der Waals surface area contributed by atoms with E-state index in [-0.39, 0.29) is 0 Å². The van der Waals surface area contributed by atoms with Gasteiger partial charge in [-0.25, -0.2) is 0 Å². The molecule has 0 saturated carbocycles. The zero-order valence-electron chi connectivity index (χ0n) is 9.09. The summed E-state index contributed by atoms with van der Waals surface area (Å²) >= 11 is 1.59. The molecule has 1 N–H and O–H groups in total. The SMILES string of the molecule is COCc1cccc(C(O)c2ccsc2)c1. The normalized spacial score (nSPS) is 12.6. The third-order valence-corrected chi connectivity index (χ3v) is 3.14. The van der Waals surface area contributed by atoms with Crippen LogP contribution in [0, 0.1) is 0 Å². The first-order valence-corrected chi connectivity index (χ1v) is 6.03. The molecule has 3 heteroatoms. The van der Waals surface area contributed by atoms with Crippen molar-refractivity contribution in [2.45, 2.75) is 12.7 Å². The second kappa shape index (κ2) is 5.25. The third kappa shape index (κ3) is 2.50. The summed E-state index contributed by atoms with van der Waals surface area (Å²) in [6.07, 6.45) is -0.539. The summed E-state index contributed by atoms with van der Waals surface area (Å²) < 4.78 is 5.07. The van der Waals surface area contributed by atoms with Gasteiger partial charge in [-0.15, -0.1) is 0 Å². The van der Waals surface area contributed by atoms with Gasteiger partial charge in [0.25, 0.3) is 0 Å². The Morgan fingerprint density at radius 2 is 2.19 bits per heavy atom. The monoisotopic (exact) mass is 234 g/mol. The van der Waals surface area contributed by atoms with Gasteiger partial charge in [-0.1, -0.05) is 24.3 Å². The molecule has 0 radical (unpaired) electrons. The van der Waals surface area contributed by atoms with Gasteiger partial charge in [0, 0.05) is 7.11 Å². The number of aliphatic hydroxyl groups is 1. The lowest BCUT2D eigenvalue weighted by atomic mass is 10.0. The number of hydrogen-bond donors (Lipinski definition) is 1. The van der Waals surface area contributed by atoms with Crippen molar-refractivity contribution in [3.8, 4) is 0 Å². The van der Waals surface area contributed by atoms with Gasteiger partial charge in [0.2, 0.25) is 0 Å². The van der Waals surface area contributed by atoms with Crippen LogP contribution in [0.15, 0.2) is 41.1 Å². The number of hydrogen-bond acceptors (Lipinski definition) is 3. The maximum atomic E-state index is 10.1.